The molecule has 2 saturated heterocycles. The first-order valence-corrected chi connectivity index (χ1v) is 10.4. The Labute approximate surface area is 168 Å². The highest BCUT2D eigenvalue weighted by atomic mass is 16.5. The molecule has 1 amide bonds. The molecule has 4 nitrogen and oxygen atoms in total. The molecule has 28 heavy (non-hydrogen) atoms. The summed E-state index contributed by atoms with van der Waals surface area (Å²) >= 11 is 0. The monoisotopic (exact) mass is 378 g/mol. The molecular weight excluding hydrogens is 348 g/mol. The van der Waals surface area contributed by atoms with Crippen molar-refractivity contribution < 1.29 is 9.53 Å². The number of rotatable bonds is 4. The van der Waals surface area contributed by atoms with Gasteiger partial charge in [-0.05, 0) is 43.0 Å². The van der Waals surface area contributed by atoms with E-state index < -0.39 is 0 Å². The molecule has 4 heteroatoms. The number of hydrogen-bond acceptors (Lipinski definition) is 3. The first kappa shape index (κ1) is 19.0. The summed E-state index contributed by atoms with van der Waals surface area (Å²) in [6.07, 6.45) is 4.63. The van der Waals surface area contributed by atoms with E-state index in [-0.39, 0.29) is 5.91 Å². The van der Waals surface area contributed by atoms with Gasteiger partial charge in [0, 0.05) is 37.7 Å². The molecule has 0 N–H and O–H groups in total. The molecule has 0 radical (unpaired) electrons. The van der Waals surface area contributed by atoms with Gasteiger partial charge in [-0.15, -0.1) is 0 Å². The Bertz CT molecular complexity index is 835. The Morgan fingerprint density at radius 3 is 2.50 bits per heavy atom. The van der Waals surface area contributed by atoms with Crippen molar-refractivity contribution in [3.05, 3.63) is 54.1 Å². The second-order valence-electron chi connectivity index (χ2n) is 7.96. The lowest BCUT2D eigenvalue weighted by atomic mass is 9.97. The molecule has 2 aliphatic rings. The van der Waals surface area contributed by atoms with Gasteiger partial charge in [0.1, 0.15) is 5.75 Å². The largest absolute Gasteiger partial charge is 0.496 e. The van der Waals surface area contributed by atoms with E-state index in [9.17, 15) is 4.79 Å². The highest BCUT2D eigenvalue weighted by Gasteiger charge is 2.39. The summed E-state index contributed by atoms with van der Waals surface area (Å²) in [5, 5.41) is 0. The molecule has 2 fully saturated rings. The SMILES string of the molecule is COc1ccccc1-c1ccccc1CN1CCCC[C@@H]2[C@H]1CCN2C(C)=O. The van der Waals surface area contributed by atoms with Crippen LogP contribution in [0.15, 0.2) is 48.5 Å². The second-order valence-corrected chi connectivity index (χ2v) is 7.96. The molecule has 0 bridgehead atoms. The Morgan fingerprint density at radius 1 is 0.964 bits per heavy atom. The summed E-state index contributed by atoms with van der Waals surface area (Å²) in [5.41, 5.74) is 3.71. The van der Waals surface area contributed by atoms with Crippen molar-refractivity contribution in [2.45, 2.75) is 51.2 Å². The van der Waals surface area contributed by atoms with Crippen LogP contribution >= 0.6 is 0 Å². The van der Waals surface area contributed by atoms with Crippen LogP contribution in [0.5, 0.6) is 5.75 Å². The number of carbonyl (C=O) groups excluding carboxylic acids is 1. The topological polar surface area (TPSA) is 32.8 Å². The number of amides is 1. The molecule has 2 aromatic rings. The first-order valence-electron chi connectivity index (χ1n) is 10.4. The van der Waals surface area contributed by atoms with Crippen molar-refractivity contribution in [2.24, 2.45) is 0 Å². The van der Waals surface area contributed by atoms with E-state index in [0.29, 0.717) is 12.1 Å². The van der Waals surface area contributed by atoms with E-state index in [1.807, 2.05) is 12.1 Å². The van der Waals surface area contributed by atoms with Crippen molar-refractivity contribution >= 4 is 5.91 Å². The summed E-state index contributed by atoms with van der Waals surface area (Å²) in [6, 6.07) is 17.7. The normalized spacial score (nSPS) is 22.6. The predicted octanol–water partition coefficient (Wildman–Crippen LogP) is 4.34. The van der Waals surface area contributed by atoms with Crippen LogP contribution in [0.3, 0.4) is 0 Å². The zero-order valence-electron chi connectivity index (χ0n) is 16.9. The smallest absolute Gasteiger partial charge is 0.219 e. The standard InChI is InChI=1S/C24H30N2O2/c1-18(27)26-16-14-22-23(26)12-7-8-15-25(22)17-19-9-3-4-10-20(19)21-11-5-6-13-24(21)28-2/h3-6,9-11,13,22-23H,7-8,12,14-17H2,1-2H3/t22-,23-/m1/s1. The van der Waals surface area contributed by atoms with Gasteiger partial charge in [-0.3, -0.25) is 9.69 Å². The van der Waals surface area contributed by atoms with Gasteiger partial charge in [0.2, 0.25) is 5.91 Å². The number of para-hydroxylation sites is 1. The molecule has 0 saturated carbocycles. The fourth-order valence-electron chi connectivity index (χ4n) is 5.04. The number of benzene rings is 2. The van der Waals surface area contributed by atoms with Gasteiger partial charge in [0.15, 0.2) is 0 Å². The zero-order chi connectivity index (χ0) is 19.5. The van der Waals surface area contributed by atoms with Crippen LogP contribution < -0.4 is 4.74 Å². The Balaban J connectivity index is 1.63. The number of ether oxygens (including phenoxy) is 1. The van der Waals surface area contributed by atoms with Crippen LogP contribution in [0.1, 0.15) is 38.2 Å². The third kappa shape index (κ3) is 3.66. The van der Waals surface area contributed by atoms with Gasteiger partial charge >= 0.3 is 0 Å². The van der Waals surface area contributed by atoms with Crippen LogP contribution in [0.2, 0.25) is 0 Å². The molecule has 0 spiro atoms. The van der Waals surface area contributed by atoms with Crippen molar-refractivity contribution in [2.75, 3.05) is 20.2 Å². The predicted molar refractivity (Wildman–Crippen MR) is 112 cm³/mol. The minimum Gasteiger partial charge on any atom is -0.496 e. The van der Waals surface area contributed by atoms with Gasteiger partial charge in [-0.1, -0.05) is 48.9 Å². The average molecular weight is 379 g/mol. The zero-order valence-corrected chi connectivity index (χ0v) is 16.9. The minimum absolute atomic E-state index is 0.226. The van der Waals surface area contributed by atoms with Crippen LogP contribution in [0, 0.1) is 0 Å². The summed E-state index contributed by atoms with van der Waals surface area (Å²) in [5.74, 6) is 1.14. The Kier molecular flexibility index (Phi) is 5.67. The van der Waals surface area contributed by atoms with Crippen LogP contribution in [-0.2, 0) is 11.3 Å². The summed E-state index contributed by atoms with van der Waals surface area (Å²) in [4.78, 5) is 16.8. The maximum Gasteiger partial charge on any atom is 0.219 e. The first-order chi connectivity index (χ1) is 13.7. The minimum atomic E-state index is 0.226. The number of methoxy groups -OCH3 is 1. The molecule has 2 heterocycles. The van der Waals surface area contributed by atoms with Crippen LogP contribution in [0.25, 0.3) is 11.1 Å². The quantitative estimate of drug-likeness (QED) is 0.793. The highest BCUT2D eigenvalue weighted by Crippen LogP contribution is 2.35. The summed E-state index contributed by atoms with van der Waals surface area (Å²) in [7, 11) is 1.73. The molecule has 0 aromatic heterocycles. The van der Waals surface area contributed by atoms with Crippen molar-refractivity contribution in [3.8, 4) is 16.9 Å². The van der Waals surface area contributed by atoms with Crippen molar-refractivity contribution in [1.82, 2.24) is 9.80 Å². The van der Waals surface area contributed by atoms with E-state index in [1.165, 1.54) is 24.0 Å². The molecule has 2 aliphatic heterocycles. The van der Waals surface area contributed by atoms with Crippen LogP contribution in [-0.4, -0.2) is 48.0 Å². The maximum atomic E-state index is 12.1. The third-order valence-corrected chi connectivity index (χ3v) is 6.37. The molecule has 148 valence electrons. The van der Waals surface area contributed by atoms with Gasteiger partial charge in [-0.25, -0.2) is 0 Å². The Morgan fingerprint density at radius 2 is 1.71 bits per heavy atom. The lowest BCUT2D eigenvalue weighted by Crippen LogP contribution is -2.44. The van der Waals surface area contributed by atoms with Gasteiger partial charge in [0.05, 0.1) is 7.11 Å². The van der Waals surface area contributed by atoms with Crippen molar-refractivity contribution in [1.29, 1.82) is 0 Å². The highest BCUT2D eigenvalue weighted by molar-refractivity contribution is 5.74. The number of hydrogen-bond donors (Lipinski definition) is 0. The molecule has 0 unspecified atom stereocenters. The van der Waals surface area contributed by atoms with Crippen molar-refractivity contribution in [3.63, 3.8) is 0 Å². The van der Waals surface area contributed by atoms with E-state index in [1.54, 1.807) is 14.0 Å². The van der Waals surface area contributed by atoms with E-state index in [2.05, 4.69) is 46.2 Å². The molecular formula is C24H30N2O2. The van der Waals surface area contributed by atoms with Gasteiger partial charge in [0.25, 0.3) is 0 Å². The Hall–Kier alpha value is -2.33. The molecule has 2 atom stereocenters. The second kappa shape index (κ2) is 8.36. The van der Waals surface area contributed by atoms with Crippen LogP contribution in [0.4, 0.5) is 0 Å². The average Bonchev–Trinajstić information content (AvgIpc) is 3.05. The maximum absolute atomic E-state index is 12.1. The number of fused-ring (bicyclic) bond motifs is 1. The van der Waals surface area contributed by atoms with E-state index in [0.717, 1.165) is 43.8 Å². The van der Waals surface area contributed by atoms with Gasteiger partial charge < -0.3 is 9.64 Å². The molecule has 0 aliphatic carbocycles. The number of nitrogens with zero attached hydrogens (tertiary/aromatic N) is 2. The fourth-order valence-corrected chi connectivity index (χ4v) is 5.04. The molecule has 4 rings (SSSR count). The van der Waals surface area contributed by atoms with Gasteiger partial charge in [-0.2, -0.15) is 0 Å². The lowest BCUT2D eigenvalue weighted by Gasteiger charge is -2.33. The van der Waals surface area contributed by atoms with E-state index >= 15 is 0 Å². The third-order valence-electron chi connectivity index (χ3n) is 6.37. The number of likely N-dealkylation sites (tertiary alicyclic amines) is 2. The lowest BCUT2D eigenvalue weighted by molar-refractivity contribution is -0.130. The molecule has 2 aromatic carbocycles. The van der Waals surface area contributed by atoms with E-state index in [4.69, 9.17) is 4.74 Å². The fraction of sp³-hybridized carbons (Fsp3) is 0.458. The summed E-state index contributed by atoms with van der Waals surface area (Å²) in [6.45, 7) is 4.64. The number of carbonyl (C=O) groups is 1. The summed E-state index contributed by atoms with van der Waals surface area (Å²) < 4.78 is 5.62.